The minimum Gasteiger partial charge on any atom is -0.496 e. The second-order valence-electron chi connectivity index (χ2n) is 10.9. The highest BCUT2D eigenvalue weighted by atomic mass is 35.5. The maximum atomic E-state index is 15.3. The van der Waals surface area contributed by atoms with Crippen LogP contribution in [-0.4, -0.2) is 52.3 Å². The van der Waals surface area contributed by atoms with Gasteiger partial charge < -0.3 is 29.1 Å². The number of esters is 1. The summed E-state index contributed by atoms with van der Waals surface area (Å²) in [6, 6.07) is 20.3. The zero-order valence-electron chi connectivity index (χ0n) is 27.6. The molecule has 0 bridgehead atoms. The minimum atomic E-state index is -0.672. The molecule has 278 valence electrons. The fourth-order valence-electron chi connectivity index (χ4n) is 5.36. The molecule has 0 atom stereocenters. The monoisotopic (exact) mass is 765 g/mol. The summed E-state index contributed by atoms with van der Waals surface area (Å²) >= 11 is 12.1. The topological polar surface area (TPSA) is 123 Å². The Kier molecular flexibility index (Phi) is 14.7. The highest BCUT2D eigenvalue weighted by molar-refractivity contribution is 6.31. The lowest BCUT2D eigenvalue weighted by Gasteiger charge is -2.14. The third-order valence-electron chi connectivity index (χ3n) is 7.73. The normalized spacial score (nSPS) is 10.2. The molecule has 0 aliphatic carbocycles. The molecule has 0 spiro atoms. The van der Waals surface area contributed by atoms with Crippen molar-refractivity contribution < 1.29 is 32.6 Å². The van der Waals surface area contributed by atoms with Gasteiger partial charge >= 0.3 is 5.97 Å². The Labute approximate surface area is 316 Å². The summed E-state index contributed by atoms with van der Waals surface area (Å²) in [5, 5.41) is 0.993. The van der Waals surface area contributed by atoms with E-state index in [2.05, 4.69) is 9.97 Å². The van der Waals surface area contributed by atoms with Gasteiger partial charge in [-0.3, -0.25) is 4.79 Å². The molecular formula is C39H39Cl2F2N5O5. The van der Waals surface area contributed by atoms with Gasteiger partial charge in [0.1, 0.15) is 23.1 Å². The number of carbonyl (C=O) groups excluding carboxylic acids is 2. The Morgan fingerprint density at radius 1 is 0.698 bits per heavy atom. The molecule has 2 N–H and O–H groups in total. The summed E-state index contributed by atoms with van der Waals surface area (Å²) in [4.78, 5) is 31.0. The molecule has 0 saturated carbocycles. The van der Waals surface area contributed by atoms with Gasteiger partial charge in [-0.2, -0.15) is 0 Å². The van der Waals surface area contributed by atoms with Crippen molar-refractivity contribution in [1.82, 2.24) is 19.1 Å². The standard InChI is InChI=1S/C19H16ClFN2O3.C18H15ClFN3O2.2CH4/c1-25-15-7-6-13(11-23-9-8-22-18(23)19(24)26-2)17(21)16(15)12-4-3-5-14(20)10-12;1-25-14-6-5-12(10-23-8-7-22-18(23)17(21)24)16(20)15(14)11-3-2-4-13(19)9-11;;/h3-10H,11H2,1-2H3;2-9H,10H2,1H3,(H2,21,24);2*1H4. The summed E-state index contributed by atoms with van der Waals surface area (Å²) in [5.41, 5.74) is 7.86. The van der Waals surface area contributed by atoms with Crippen LogP contribution in [0.25, 0.3) is 22.3 Å². The van der Waals surface area contributed by atoms with Crippen LogP contribution >= 0.6 is 23.2 Å². The van der Waals surface area contributed by atoms with E-state index in [1.54, 1.807) is 85.2 Å². The third kappa shape index (κ3) is 9.39. The molecule has 10 nitrogen and oxygen atoms in total. The molecular weight excluding hydrogens is 727 g/mol. The number of amides is 1. The summed E-state index contributed by atoms with van der Waals surface area (Å²) < 4.78 is 48.8. The van der Waals surface area contributed by atoms with E-state index in [-0.39, 0.29) is 39.6 Å². The van der Waals surface area contributed by atoms with Gasteiger partial charge in [0.25, 0.3) is 5.91 Å². The zero-order chi connectivity index (χ0) is 36.7. The van der Waals surface area contributed by atoms with E-state index in [1.165, 1.54) is 42.9 Å². The molecule has 14 heteroatoms. The van der Waals surface area contributed by atoms with E-state index in [0.29, 0.717) is 54.9 Å². The summed E-state index contributed by atoms with van der Waals surface area (Å²) in [5.74, 6) is -1.20. The van der Waals surface area contributed by atoms with E-state index < -0.39 is 23.5 Å². The van der Waals surface area contributed by atoms with Crippen molar-refractivity contribution in [3.05, 3.63) is 142 Å². The van der Waals surface area contributed by atoms with Crippen LogP contribution in [0.5, 0.6) is 11.5 Å². The molecule has 6 rings (SSSR count). The summed E-state index contributed by atoms with van der Waals surface area (Å²) in [6.07, 6.45) is 6.07. The fourth-order valence-corrected chi connectivity index (χ4v) is 5.74. The number of carbonyl (C=O) groups is 2. The second kappa shape index (κ2) is 18.7. The zero-order valence-corrected chi connectivity index (χ0v) is 29.1. The number of nitrogens with two attached hydrogens (primary N) is 1. The first-order valence-electron chi connectivity index (χ1n) is 15.2. The average Bonchev–Trinajstić information content (AvgIpc) is 3.79. The highest BCUT2D eigenvalue weighted by Crippen LogP contribution is 2.37. The van der Waals surface area contributed by atoms with Gasteiger partial charge in [0.05, 0.1) is 45.5 Å². The molecule has 0 unspecified atom stereocenters. The van der Waals surface area contributed by atoms with E-state index in [1.807, 2.05) is 0 Å². The van der Waals surface area contributed by atoms with Crippen LogP contribution in [0.2, 0.25) is 10.0 Å². The number of methoxy groups -OCH3 is 3. The molecule has 0 aliphatic rings. The minimum absolute atomic E-state index is 0. The second-order valence-corrected chi connectivity index (χ2v) is 11.7. The Balaban J connectivity index is 0.000000275. The number of benzene rings is 4. The largest absolute Gasteiger partial charge is 0.496 e. The molecule has 53 heavy (non-hydrogen) atoms. The lowest BCUT2D eigenvalue weighted by Crippen LogP contribution is -2.18. The van der Waals surface area contributed by atoms with E-state index in [9.17, 15) is 9.59 Å². The number of primary amides is 1. The van der Waals surface area contributed by atoms with Gasteiger partial charge in [-0.25, -0.2) is 23.5 Å². The van der Waals surface area contributed by atoms with Crippen molar-refractivity contribution >= 4 is 35.1 Å². The number of halogens is 4. The smallest absolute Gasteiger partial charge is 0.374 e. The Morgan fingerprint density at radius 2 is 1.13 bits per heavy atom. The Bertz CT molecular complexity index is 2210. The van der Waals surface area contributed by atoms with Crippen LogP contribution in [0.3, 0.4) is 0 Å². The number of imidazole rings is 2. The quantitative estimate of drug-likeness (QED) is 0.138. The van der Waals surface area contributed by atoms with Gasteiger partial charge in [-0.05, 0) is 47.5 Å². The first kappa shape index (κ1) is 41.7. The first-order valence-corrected chi connectivity index (χ1v) is 15.9. The molecule has 1 amide bonds. The molecule has 4 aromatic carbocycles. The van der Waals surface area contributed by atoms with Crippen molar-refractivity contribution in [2.75, 3.05) is 21.3 Å². The van der Waals surface area contributed by atoms with Crippen LogP contribution in [0.1, 0.15) is 47.2 Å². The van der Waals surface area contributed by atoms with Crippen LogP contribution in [0, 0.1) is 11.6 Å². The molecule has 0 radical (unpaired) electrons. The highest BCUT2D eigenvalue weighted by Gasteiger charge is 2.20. The average molecular weight is 767 g/mol. The van der Waals surface area contributed by atoms with Crippen LogP contribution < -0.4 is 15.2 Å². The Hall–Kier alpha value is -5.72. The predicted molar refractivity (Wildman–Crippen MR) is 203 cm³/mol. The Morgan fingerprint density at radius 3 is 1.53 bits per heavy atom. The number of nitrogens with zero attached hydrogens (tertiary/aromatic N) is 4. The van der Waals surface area contributed by atoms with E-state index in [4.69, 9.17) is 43.1 Å². The van der Waals surface area contributed by atoms with Crippen LogP contribution in [0.4, 0.5) is 8.78 Å². The number of hydrogen-bond donors (Lipinski definition) is 1. The maximum Gasteiger partial charge on any atom is 0.374 e. The van der Waals surface area contributed by atoms with Gasteiger partial charge in [0.15, 0.2) is 5.82 Å². The van der Waals surface area contributed by atoms with Gasteiger partial charge in [-0.15, -0.1) is 0 Å². The SMILES string of the molecule is C.C.COC(=O)c1nccn1Cc1ccc(OC)c(-c2cccc(Cl)c2)c1F.COc1ccc(Cn2ccnc2C(N)=O)c(F)c1-c1cccc(Cl)c1. The predicted octanol–water partition coefficient (Wildman–Crippen LogP) is 8.96. The summed E-state index contributed by atoms with van der Waals surface area (Å²) in [6.45, 7) is 0.232. The number of rotatable bonds is 10. The van der Waals surface area contributed by atoms with Crippen molar-refractivity contribution in [2.45, 2.75) is 27.9 Å². The van der Waals surface area contributed by atoms with Gasteiger partial charge in [-0.1, -0.05) is 74.5 Å². The molecule has 2 heterocycles. The van der Waals surface area contributed by atoms with E-state index >= 15 is 8.78 Å². The van der Waals surface area contributed by atoms with Crippen molar-refractivity contribution in [3.63, 3.8) is 0 Å². The van der Waals surface area contributed by atoms with Crippen molar-refractivity contribution in [2.24, 2.45) is 5.73 Å². The molecule has 0 aliphatic heterocycles. The fraction of sp³-hybridized carbons (Fsp3) is 0.179. The van der Waals surface area contributed by atoms with Crippen molar-refractivity contribution in [3.8, 4) is 33.8 Å². The van der Waals surface area contributed by atoms with Crippen molar-refractivity contribution in [1.29, 1.82) is 0 Å². The lowest BCUT2D eigenvalue weighted by atomic mass is 10.0. The lowest BCUT2D eigenvalue weighted by molar-refractivity contribution is 0.0581. The number of hydrogen-bond acceptors (Lipinski definition) is 7. The van der Waals surface area contributed by atoms with Gasteiger partial charge in [0, 0.05) is 46.0 Å². The summed E-state index contributed by atoms with van der Waals surface area (Å²) in [7, 11) is 4.23. The molecule has 0 fully saturated rings. The number of ether oxygens (including phenoxy) is 3. The molecule has 2 aromatic heterocycles. The molecule has 0 saturated heterocycles. The van der Waals surface area contributed by atoms with Crippen LogP contribution in [0.15, 0.2) is 97.6 Å². The molecule has 6 aromatic rings. The third-order valence-corrected chi connectivity index (χ3v) is 8.20. The first-order chi connectivity index (χ1) is 24.6. The van der Waals surface area contributed by atoms with Gasteiger partial charge in [0.2, 0.25) is 5.82 Å². The number of aromatic nitrogens is 4. The van der Waals surface area contributed by atoms with E-state index in [0.717, 1.165) is 0 Å². The maximum absolute atomic E-state index is 15.3. The van der Waals surface area contributed by atoms with Crippen LogP contribution in [-0.2, 0) is 17.8 Å².